The standard InChI is InChI=1S/C14H15FN/c1-10-8-12(11(2)13(15)9-10)14-6-4-5-7-16(14)3/h4-9H,1-3H3/q+1. The fourth-order valence-electron chi connectivity index (χ4n) is 1.88. The van der Waals surface area contributed by atoms with Crippen molar-refractivity contribution in [2.75, 3.05) is 0 Å². The monoisotopic (exact) mass is 216 g/mol. The van der Waals surface area contributed by atoms with E-state index in [9.17, 15) is 4.39 Å². The lowest BCUT2D eigenvalue weighted by molar-refractivity contribution is -0.660. The van der Waals surface area contributed by atoms with E-state index in [4.69, 9.17) is 0 Å². The van der Waals surface area contributed by atoms with E-state index in [1.54, 1.807) is 6.07 Å². The Morgan fingerprint density at radius 1 is 1.12 bits per heavy atom. The van der Waals surface area contributed by atoms with Crippen molar-refractivity contribution in [1.82, 2.24) is 0 Å². The van der Waals surface area contributed by atoms with Gasteiger partial charge >= 0.3 is 0 Å². The molecule has 0 N–H and O–H groups in total. The molecule has 2 rings (SSSR count). The summed E-state index contributed by atoms with van der Waals surface area (Å²) in [5, 5.41) is 0. The van der Waals surface area contributed by atoms with Gasteiger partial charge in [0.1, 0.15) is 12.9 Å². The van der Waals surface area contributed by atoms with Crippen LogP contribution in [-0.2, 0) is 7.05 Å². The number of benzene rings is 1. The molecule has 1 nitrogen and oxygen atoms in total. The normalized spacial score (nSPS) is 10.5. The van der Waals surface area contributed by atoms with Gasteiger partial charge in [-0.25, -0.2) is 8.96 Å². The van der Waals surface area contributed by atoms with E-state index in [1.165, 1.54) is 0 Å². The number of hydrogen-bond donors (Lipinski definition) is 0. The van der Waals surface area contributed by atoms with Gasteiger partial charge in [0, 0.05) is 12.1 Å². The first-order valence-electron chi connectivity index (χ1n) is 5.31. The Labute approximate surface area is 95.2 Å². The van der Waals surface area contributed by atoms with Crippen molar-refractivity contribution < 1.29 is 8.96 Å². The van der Waals surface area contributed by atoms with Crippen molar-refractivity contribution in [3.63, 3.8) is 0 Å². The lowest BCUT2D eigenvalue weighted by atomic mass is 10.0. The molecule has 0 saturated heterocycles. The average Bonchev–Trinajstić information content (AvgIpc) is 2.24. The van der Waals surface area contributed by atoms with Gasteiger partial charge in [-0.3, -0.25) is 0 Å². The summed E-state index contributed by atoms with van der Waals surface area (Å²) in [4.78, 5) is 0. The van der Waals surface area contributed by atoms with Gasteiger partial charge in [0.25, 0.3) is 0 Å². The van der Waals surface area contributed by atoms with Gasteiger partial charge in [-0.2, -0.15) is 0 Å². The number of halogens is 1. The number of hydrogen-bond acceptors (Lipinski definition) is 0. The molecular weight excluding hydrogens is 201 g/mol. The Morgan fingerprint density at radius 3 is 2.56 bits per heavy atom. The van der Waals surface area contributed by atoms with Crippen LogP contribution >= 0.6 is 0 Å². The van der Waals surface area contributed by atoms with Gasteiger partial charge < -0.3 is 0 Å². The van der Waals surface area contributed by atoms with Crippen molar-refractivity contribution in [2.45, 2.75) is 13.8 Å². The fourth-order valence-corrected chi connectivity index (χ4v) is 1.88. The molecule has 1 heterocycles. The van der Waals surface area contributed by atoms with Gasteiger partial charge in [-0.1, -0.05) is 0 Å². The third-order valence-electron chi connectivity index (χ3n) is 2.82. The van der Waals surface area contributed by atoms with Crippen molar-refractivity contribution in [3.8, 4) is 11.3 Å². The van der Waals surface area contributed by atoms with E-state index in [-0.39, 0.29) is 5.82 Å². The second kappa shape index (κ2) is 4.05. The highest BCUT2D eigenvalue weighted by atomic mass is 19.1. The van der Waals surface area contributed by atoms with Crippen molar-refractivity contribution >= 4 is 0 Å². The first kappa shape index (κ1) is 10.8. The quantitative estimate of drug-likeness (QED) is 0.645. The van der Waals surface area contributed by atoms with Crippen LogP contribution in [0.5, 0.6) is 0 Å². The highest BCUT2D eigenvalue weighted by molar-refractivity contribution is 5.62. The minimum atomic E-state index is -0.140. The molecule has 0 aliphatic heterocycles. The Hall–Kier alpha value is -1.70. The summed E-state index contributed by atoms with van der Waals surface area (Å²) in [6.07, 6.45) is 1.97. The van der Waals surface area contributed by atoms with Gasteiger partial charge in [0.05, 0.1) is 5.56 Å². The van der Waals surface area contributed by atoms with Gasteiger partial charge in [0.15, 0.2) is 6.20 Å². The Morgan fingerprint density at radius 2 is 1.88 bits per heavy atom. The predicted octanol–water partition coefficient (Wildman–Crippen LogP) is 2.93. The molecule has 16 heavy (non-hydrogen) atoms. The number of nitrogens with zero attached hydrogens (tertiary/aromatic N) is 1. The molecule has 0 fully saturated rings. The molecular formula is C14H15FN+. The van der Waals surface area contributed by atoms with Crippen molar-refractivity contribution in [3.05, 3.63) is 53.5 Å². The molecule has 1 aromatic carbocycles. The molecule has 0 spiro atoms. The lowest BCUT2D eigenvalue weighted by Gasteiger charge is -2.06. The van der Waals surface area contributed by atoms with E-state index < -0.39 is 0 Å². The highest BCUT2D eigenvalue weighted by Gasteiger charge is 2.14. The molecule has 2 aromatic rings. The third-order valence-corrected chi connectivity index (χ3v) is 2.82. The Kier molecular flexibility index (Phi) is 2.73. The van der Waals surface area contributed by atoms with Crippen LogP contribution in [0, 0.1) is 19.7 Å². The van der Waals surface area contributed by atoms with Crippen LogP contribution in [0.25, 0.3) is 11.3 Å². The third kappa shape index (κ3) is 1.83. The summed E-state index contributed by atoms with van der Waals surface area (Å²) in [5.41, 5.74) is 3.64. The maximum absolute atomic E-state index is 13.6. The second-order valence-corrected chi connectivity index (χ2v) is 4.12. The SMILES string of the molecule is Cc1cc(F)c(C)c(-c2cccc[n+]2C)c1. The summed E-state index contributed by atoms with van der Waals surface area (Å²) >= 11 is 0. The predicted molar refractivity (Wildman–Crippen MR) is 62.5 cm³/mol. The molecule has 82 valence electrons. The summed E-state index contributed by atoms with van der Waals surface area (Å²) in [6.45, 7) is 3.73. The zero-order valence-electron chi connectivity index (χ0n) is 9.79. The zero-order valence-corrected chi connectivity index (χ0v) is 9.79. The van der Waals surface area contributed by atoms with Gasteiger partial charge in [-0.05, 0) is 43.2 Å². The van der Waals surface area contributed by atoms with Crippen LogP contribution in [0.1, 0.15) is 11.1 Å². The smallest absolute Gasteiger partial charge is 0.207 e. The fraction of sp³-hybridized carbons (Fsp3) is 0.214. The molecule has 0 unspecified atom stereocenters. The summed E-state index contributed by atoms with van der Waals surface area (Å²) < 4.78 is 15.6. The van der Waals surface area contributed by atoms with Crippen LogP contribution in [0.3, 0.4) is 0 Å². The van der Waals surface area contributed by atoms with E-state index in [1.807, 2.05) is 55.9 Å². The zero-order chi connectivity index (χ0) is 11.7. The van der Waals surface area contributed by atoms with E-state index in [2.05, 4.69) is 0 Å². The molecule has 0 amide bonds. The van der Waals surface area contributed by atoms with E-state index >= 15 is 0 Å². The highest BCUT2D eigenvalue weighted by Crippen LogP contribution is 2.23. The number of aromatic nitrogens is 1. The van der Waals surface area contributed by atoms with Crippen LogP contribution in [0.15, 0.2) is 36.5 Å². The van der Waals surface area contributed by atoms with Crippen LogP contribution in [0.2, 0.25) is 0 Å². The van der Waals surface area contributed by atoms with Crippen molar-refractivity contribution in [1.29, 1.82) is 0 Å². The van der Waals surface area contributed by atoms with Crippen molar-refractivity contribution in [2.24, 2.45) is 7.05 Å². The maximum atomic E-state index is 13.6. The minimum absolute atomic E-state index is 0.140. The average molecular weight is 216 g/mol. The summed E-state index contributed by atoms with van der Waals surface area (Å²) in [5.74, 6) is -0.140. The number of rotatable bonds is 1. The number of pyridine rings is 1. The van der Waals surface area contributed by atoms with Crippen LogP contribution < -0.4 is 4.57 Å². The molecule has 0 aliphatic carbocycles. The molecule has 0 atom stereocenters. The Bertz CT molecular complexity index is 532. The number of aryl methyl sites for hydroxylation is 2. The molecule has 2 heteroatoms. The first-order chi connectivity index (χ1) is 7.59. The molecule has 0 saturated carbocycles. The lowest BCUT2D eigenvalue weighted by Crippen LogP contribution is -2.30. The van der Waals surface area contributed by atoms with Gasteiger partial charge in [0.2, 0.25) is 5.69 Å². The maximum Gasteiger partial charge on any atom is 0.212 e. The largest absolute Gasteiger partial charge is 0.212 e. The topological polar surface area (TPSA) is 3.88 Å². The summed E-state index contributed by atoms with van der Waals surface area (Å²) in [7, 11) is 1.97. The molecule has 1 aromatic heterocycles. The van der Waals surface area contributed by atoms with Crippen LogP contribution in [-0.4, -0.2) is 0 Å². The second-order valence-electron chi connectivity index (χ2n) is 4.12. The van der Waals surface area contributed by atoms with E-state index in [0.29, 0.717) is 5.56 Å². The summed E-state index contributed by atoms with van der Waals surface area (Å²) in [6, 6.07) is 9.52. The molecule has 0 bridgehead atoms. The molecule has 0 radical (unpaired) electrons. The Balaban J connectivity index is 2.69. The molecule has 0 aliphatic rings. The minimum Gasteiger partial charge on any atom is -0.207 e. The first-order valence-corrected chi connectivity index (χ1v) is 5.31. The van der Waals surface area contributed by atoms with Gasteiger partial charge in [-0.15, -0.1) is 0 Å². The van der Waals surface area contributed by atoms with E-state index in [0.717, 1.165) is 16.8 Å². The van der Waals surface area contributed by atoms with Crippen LogP contribution in [0.4, 0.5) is 4.39 Å².